The molecule has 0 radical (unpaired) electrons. The average molecular weight is 621 g/mol. The first-order valence-electron chi connectivity index (χ1n) is 16.8. The molecule has 2 fully saturated rings. The molecule has 1 saturated heterocycles. The van der Waals surface area contributed by atoms with Gasteiger partial charge in [0, 0.05) is 37.7 Å². The monoisotopic (exact) mass is 620 g/mol. The number of likely N-dealkylation sites (tertiary alicyclic amines) is 1. The second kappa shape index (κ2) is 12.0. The Kier molecular flexibility index (Phi) is 8.02. The second-order valence-electron chi connectivity index (χ2n) is 13.9. The van der Waals surface area contributed by atoms with Crippen molar-refractivity contribution in [2.75, 3.05) is 19.6 Å². The molecular weight excluding hydrogens is 576 g/mol. The minimum atomic E-state index is -1.05. The summed E-state index contributed by atoms with van der Waals surface area (Å²) in [5.41, 5.74) is 2.61. The minimum absolute atomic E-state index is 0.0583. The number of piperidine rings is 1. The van der Waals surface area contributed by atoms with Crippen LogP contribution in [0.1, 0.15) is 62.3 Å². The van der Waals surface area contributed by atoms with E-state index in [0.717, 1.165) is 36.2 Å². The Morgan fingerprint density at radius 1 is 1.07 bits per heavy atom. The van der Waals surface area contributed by atoms with Gasteiger partial charge in [-0.25, -0.2) is 0 Å². The molecule has 5 atom stereocenters. The molecule has 2 aliphatic heterocycles. The number of nitrogens with zero attached hydrogens (tertiary/aromatic N) is 2. The number of amides is 1. The van der Waals surface area contributed by atoms with Gasteiger partial charge in [0.05, 0.1) is 17.1 Å². The summed E-state index contributed by atoms with van der Waals surface area (Å²) in [4.78, 5) is 30.7. The van der Waals surface area contributed by atoms with Crippen molar-refractivity contribution in [3.8, 4) is 11.5 Å². The lowest BCUT2D eigenvalue weighted by Gasteiger charge is -2.65. The molecule has 0 unspecified atom stereocenters. The van der Waals surface area contributed by atoms with Crippen molar-refractivity contribution in [1.29, 1.82) is 0 Å². The van der Waals surface area contributed by atoms with E-state index in [0.29, 0.717) is 43.7 Å². The summed E-state index contributed by atoms with van der Waals surface area (Å²) in [6.07, 6.45) is 6.56. The summed E-state index contributed by atoms with van der Waals surface area (Å²) in [7, 11) is 0. The molecule has 2 heterocycles. The fourth-order valence-electron chi connectivity index (χ4n) is 8.94. The van der Waals surface area contributed by atoms with E-state index in [1.54, 1.807) is 6.08 Å². The van der Waals surface area contributed by atoms with Crippen molar-refractivity contribution in [3.05, 3.63) is 101 Å². The molecule has 3 aromatic rings. The zero-order valence-electron chi connectivity index (χ0n) is 27.0. The molecule has 4 aliphatic rings. The number of carbonyl (C=O) groups excluding carboxylic acids is 2. The first-order valence-corrected chi connectivity index (χ1v) is 16.8. The van der Waals surface area contributed by atoms with Gasteiger partial charge in [0.15, 0.2) is 11.5 Å². The maximum atomic E-state index is 14.1. The Morgan fingerprint density at radius 3 is 2.52 bits per heavy atom. The predicted octanol–water partition coefficient (Wildman–Crippen LogP) is 5.58. The molecule has 240 valence electrons. The van der Waals surface area contributed by atoms with Crippen LogP contribution < -0.4 is 9.47 Å². The quantitative estimate of drug-likeness (QED) is 0.191. The van der Waals surface area contributed by atoms with Crippen molar-refractivity contribution < 1.29 is 24.2 Å². The summed E-state index contributed by atoms with van der Waals surface area (Å²) in [5.74, 6) is 0.730. The lowest BCUT2D eigenvalue weighted by Crippen LogP contribution is -2.78. The summed E-state index contributed by atoms with van der Waals surface area (Å²) in [5, 5.41) is 13.1. The smallest absolute Gasteiger partial charge is 0.308 e. The number of hydrogen-bond acceptors (Lipinski definition) is 6. The Balaban J connectivity index is 1.28. The third-order valence-corrected chi connectivity index (χ3v) is 10.8. The van der Waals surface area contributed by atoms with Gasteiger partial charge in [-0.05, 0) is 73.4 Å². The van der Waals surface area contributed by atoms with Crippen molar-refractivity contribution in [3.63, 3.8) is 0 Å². The van der Waals surface area contributed by atoms with Crippen LogP contribution in [0.3, 0.4) is 0 Å². The predicted molar refractivity (Wildman–Crippen MR) is 178 cm³/mol. The van der Waals surface area contributed by atoms with Gasteiger partial charge in [-0.2, -0.15) is 0 Å². The summed E-state index contributed by atoms with van der Waals surface area (Å²) < 4.78 is 12.7. The van der Waals surface area contributed by atoms with Crippen LogP contribution in [0.4, 0.5) is 0 Å². The summed E-state index contributed by atoms with van der Waals surface area (Å²) in [6, 6.07) is 23.9. The van der Waals surface area contributed by atoms with Gasteiger partial charge >= 0.3 is 5.97 Å². The van der Waals surface area contributed by atoms with Crippen molar-refractivity contribution >= 4 is 18.0 Å². The Morgan fingerprint density at radius 2 is 1.80 bits per heavy atom. The minimum Gasteiger partial charge on any atom is -0.483 e. The molecule has 46 heavy (non-hydrogen) atoms. The van der Waals surface area contributed by atoms with Crippen molar-refractivity contribution in [1.82, 2.24) is 9.80 Å². The van der Waals surface area contributed by atoms with Crippen LogP contribution in [0, 0.1) is 5.92 Å². The number of carbonyl (C=O) groups is 2. The van der Waals surface area contributed by atoms with E-state index in [-0.39, 0.29) is 23.9 Å². The molecule has 7 nitrogen and oxygen atoms in total. The molecule has 2 bridgehead atoms. The zero-order chi connectivity index (χ0) is 32.1. The van der Waals surface area contributed by atoms with Gasteiger partial charge in [-0.15, -0.1) is 0 Å². The lowest BCUT2D eigenvalue weighted by molar-refractivity contribution is -0.201. The number of hydrogen-bond donors (Lipinski definition) is 1. The van der Waals surface area contributed by atoms with E-state index in [1.807, 2.05) is 53.4 Å². The Labute approximate surface area is 271 Å². The largest absolute Gasteiger partial charge is 0.483 e. The number of ether oxygens (including phenoxy) is 2. The van der Waals surface area contributed by atoms with Crippen LogP contribution in [-0.4, -0.2) is 70.2 Å². The highest BCUT2D eigenvalue weighted by Crippen LogP contribution is 2.66. The molecule has 1 saturated carbocycles. The number of benzene rings is 3. The highest BCUT2D eigenvalue weighted by Gasteiger charge is 2.73. The molecule has 7 rings (SSSR count). The average Bonchev–Trinajstić information content (AvgIpc) is 3.40. The van der Waals surface area contributed by atoms with Gasteiger partial charge in [0.25, 0.3) is 0 Å². The van der Waals surface area contributed by atoms with E-state index in [2.05, 4.69) is 49.1 Å². The zero-order valence-corrected chi connectivity index (χ0v) is 27.0. The fourth-order valence-corrected chi connectivity index (χ4v) is 8.94. The first kappa shape index (κ1) is 30.7. The molecule has 0 aromatic heterocycles. The van der Waals surface area contributed by atoms with Crippen LogP contribution in [0.5, 0.6) is 11.5 Å². The molecule has 1 amide bonds. The van der Waals surface area contributed by atoms with E-state index in [1.165, 1.54) is 12.5 Å². The molecule has 7 heteroatoms. The van der Waals surface area contributed by atoms with Gasteiger partial charge in [0.2, 0.25) is 5.91 Å². The van der Waals surface area contributed by atoms with Crippen LogP contribution in [0.2, 0.25) is 0 Å². The van der Waals surface area contributed by atoms with E-state index in [4.69, 9.17) is 9.47 Å². The molecule has 3 aromatic carbocycles. The normalized spacial score (nSPS) is 27.7. The molecule has 1 N–H and O–H groups in total. The van der Waals surface area contributed by atoms with E-state index < -0.39 is 23.1 Å². The SMILES string of the molecule is CC(=O)Oc1ccc2c3c1O[C@H]1[C@H](N(CC(C)C)C(=O)C=Cc4ccccc4)CC[C@@]4(O)[C@@H](C2)N(CCc2ccccc2)CC[C@]314. The number of rotatable bonds is 9. The summed E-state index contributed by atoms with van der Waals surface area (Å²) >= 11 is 0. The third-order valence-electron chi connectivity index (χ3n) is 10.8. The maximum absolute atomic E-state index is 14.1. The fraction of sp³-hybridized carbons (Fsp3) is 0.436. The maximum Gasteiger partial charge on any atom is 0.308 e. The molecule has 1 spiro atoms. The highest BCUT2D eigenvalue weighted by molar-refractivity contribution is 5.92. The van der Waals surface area contributed by atoms with Crippen molar-refractivity contribution in [2.24, 2.45) is 5.92 Å². The topological polar surface area (TPSA) is 79.3 Å². The summed E-state index contributed by atoms with van der Waals surface area (Å²) in [6.45, 7) is 7.90. The Bertz CT molecular complexity index is 1640. The highest BCUT2D eigenvalue weighted by atomic mass is 16.6. The van der Waals surface area contributed by atoms with Crippen LogP contribution in [-0.2, 0) is 27.8 Å². The van der Waals surface area contributed by atoms with Gasteiger partial charge < -0.3 is 19.5 Å². The number of aliphatic hydroxyl groups is 1. The van der Waals surface area contributed by atoms with Crippen LogP contribution in [0.15, 0.2) is 78.9 Å². The van der Waals surface area contributed by atoms with Gasteiger partial charge in [0.1, 0.15) is 6.10 Å². The van der Waals surface area contributed by atoms with Gasteiger partial charge in [-0.1, -0.05) is 80.6 Å². The Hall–Kier alpha value is -3.94. The van der Waals surface area contributed by atoms with Crippen molar-refractivity contribution in [2.45, 2.75) is 82.1 Å². The number of esters is 1. The second-order valence-corrected chi connectivity index (χ2v) is 13.9. The van der Waals surface area contributed by atoms with E-state index >= 15 is 0 Å². The molecule has 2 aliphatic carbocycles. The first-order chi connectivity index (χ1) is 22.2. The third kappa shape index (κ3) is 5.05. The molecular formula is C39H44N2O5. The lowest BCUT2D eigenvalue weighted by atomic mass is 9.48. The standard InChI is InChI=1S/C39H44N2O5/c1-26(2)25-41(34(43)17-14-28-10-6-4-7-11-28)31-18-20-39(44)33-24-30-15-16-32(45-27(3)42)36-35(30)38(39,37(31)46-36)21-23-40(33)22-19-29-12-8-5-9-13-29/h4-17,26,31,33,37,44H,18-25H2,1-3H3/t31-,33-,37+,38+,39-/m1/s1. The van der Waals surface area contributed by atoms with Crippen LogP contribution in [0.25, 0.3) is 6.08 Å². The van der Waals surface area contributed by atoms with Crippen LogP contribution >= 0.6 is 0 Å². The van der Waals surface area contributed by atoms with E-state index in [9.17, 15) is 14.7 Å². The van der Waals surface area contributed by atoms with Gasteiger partial charge in [-0.3, -0.25) is 14.5 Å².